The molecule has 2 aromatic rings. The number of aromatic nitrogens is 3. The highest BCUT2D eigenvalue weighted by molar-refractivity contribution is 6.31. The summed E-state index contributed by atoms with van der Waals surface area (Å²) in [4.78, 5) is 1.58. The molecule has 2 unspecified atom stereocenters. The highest BCUT2D eigenvalue weighted by Crippen LogP contribution is 2.42. The van der Waals surface area contributed by atoms with Crippen LogP contribution in [-0.2, 0) is 0 Å². The van der Waals surface area contributed by atoms with Crippen molar-refractivity contribution in [3.63, 3.8) is 0 Å². The molecule has 1 N–H and O–H groups in total. The van der Waals surface area contributed by atoms with Gasteiger partial charge in [0.1, 0.15) is 22.7 Å². The minimum atomic E-state index is -1.05. The first-order chi connectivity index (χ1) is 9.81. The highest BCUT2D eigenvalue weighted by atomic mass is 35.5. The Morgan fingerprint density at radius 3 is 2.62 bits per heavy atom. The molecule has 0 saturated heterocycles. The average Bonchev–Trinajstić information content (AvgIpc) is 2.80. The predicted octanol–water partition coefficient (Wildman–Crippen LogP) is 3.53. The van der Waals surface area contributed by atoms with E-state index in [9.17, 15) is 5.11 Å². The second kappa shape index (κ2) is 4.68. The van der Waals surface area contributed by atoms with Crippen LogP contribution in [0.15, 0.2) is 42.5 Å². The van der Waals surface area contributed by atoms with E-state index < -0.39 is 5.60 Å². The number of halogens is 1. The highest BCUT2D eigenvalue weighted by Gasteiger charge is 2.46. The second-order valence-electron chi connectivity index (χ2n) is 6.42. The number of allylic oxidation sites excluding steroid dienone is 2. The normalized spacial score (nSPS) is 25.7. The van der Waals surface area contributed by atoms with Crippen LogP contribution in [0.4, 0.5) is 0 Å². The van der Waals surface area contributed by atoms with Crippen LogP contribution in [0.3, 0.4) is 0 Å². The van der Waals surface area contributed by atoms with Crippen molar-refractivity contribution in [3.8, 4) is 0 Å². The monoisotopic (exact) mass is 303 g/mol. The molecule has 4 nitrogen and oxygen atoms in total. The number of rotatable bonds is 1. The molecule has 0 radical (unpaired) electrons. The SMILES string of the molecule is CC(C)(C)C1(O)C=CC=CC1n1nc2ccc(Cl)cc2n1. The summed E-state index contributed by atoms with van der Waals surface area (Å²) < 4.78 is 0. The summed E-state index contributed by atoms with van der Waals surface area (Å²) >= 11 is 5.99. The zero-order valence-corrected chi connectivity index (χ0v) is 13.0. The van der Waals surface area contributed by atoms with Gasteiger partial charge in [0, 0.05) is 5.02 Å². The van der Waals surface area contributed by atoms with Gasteiger partial charge in [-0.05, 0) is 23.6 Å². The Morgan fingerprint density at radius 1 is 1.19 bits per heavy atom. The van der Waals surface area contributed by atoms with Gasteiger partial charge in [-0.15, -0.1) is 0 Å². The lowest BCUT2D eigenvalue weighted by atomic mass is 9.70. The lowest BCUT2D eigenvalue weighted by molar-refractivity contribution is -0.0504. The van der Waals surface area contributed by atoms with Crippen LogP contribution in [0.1, 0.15) is 26.8 Å². The fourth-order valence-electron chi connectivity index (χ4n) is 2.59. The molecule has 0 amide bonds. The van der Waals surface area contributed by atoms with Gasteiger partial charge in [-0.25, -0.2) is 0 Å². The first-order valence-corrected chi connectivity index (χ1v) is 7.29. The van der Waals surface area contributed by atoms with Gasteiger partial charge < -0.3 is 5.11 Å². The fraction of sp³-hybridized carbons (Fsp3) is 0.375. The van der Waals surface area contributed by atoms with Crippen molar-refractivity contribution in [2.45, 2.75) is 32.4 Å². The van der Waals surface area contributed by atoms with Gasteiger partial charge in [0.2, 0.25) is 0 Å². The van der Waals surface area contributed by atoms with Crippen molar-refractivity contribution in [1.82, 2.24) is 15.0 Å². The van der Waals surface area contributed by atoms with Crippen LogP contribution in [-0.4, -0.2) is 25.7 Å². The maximum atomic E-state index is 11.1. The fourth-order valence-corrected chi connectivity index (χ4v) is 2.76. The summed E-state index contributed by atoms with van der Waals surface area (Å²) in [6, 6.07) is 5.04. The number of aliphatic hydroxyl groups is 1. The van der Waals surface area contributed by atoms with Crippen molar-refractivity contribution < 1.29 is 5.11 Å². The van der Waals surface area contributed by atoms with Gasteiger partial charge in [-0.1, -0.05) is 56.7 Å². The van der Waals surface area contributed by atoms with Crippen LogP contribution in [0.2, 0.25) is 5.02 Å². The van der Waals surface area contributed by atoms with Crippen LogP contribution in [0.5, 0.6) is 0 Å². The second-order valence-corrected chi connectivity index (χ2v) is 6.85. The van der Waals surface area contributed by atoms with E-state index in [1.54, 1.807) is 16.9 Å². The summed E-state index contributed by atoms with van der Waals surface area (Å²) in [5, 5.41) is 20.7. The Balaban J connectivity index is 2.11. The molecule has 1 aliphatic carbocycles. The Labute approximate surface area is 128 Å². The van der Waals surface area contributed by atoms with Gasteiger partial charge in [0.15, 0.2) is 0 Å². The summed E-state index contributed by atoms with van der Waals surface area (Å²) in [6.45, 7) is 6.01. The first kappa shape index (κ1) is 14.3. The van der Waals surface area contributed by atoms with Crippen LogP contribution in [0, 0.1) is 5.41 Å². The summed E-state index contributed by atoms with van der Waals surface area (Å²) in [5.41, 5.74) is 0.0806. The van der Waals surface area contributed by atoms with E-state index in [-0.39, 0.29) is 11.5 Å². The van der Waals surface area contributed by atoms with E-state index in [2.05, 4.69) is 10.2 Å². The van der Waals surface area contributed by atoms with Gasteiger partial charge >= 0.3 is 0 Å². The third-order valence-electron chi connectivity index (χ3n) is 4.01. The molecule has 110 valence electrons. The predicted molar refractivity (Wildman–Crippen MR) is 84.3 cm³/mol. The number of benzene rings is 1. The molecule has 0 fully saturated rings. The average molecular weight is 304 g/mol. The van der Waals surface area contributed by atoms with Crippen molar-refractivity contribution in [3.05, 3.63) is 47.5 Å². The van der Waals surface area contributed by atoms with E-state index in [0.717, 1.165) is 11.0 Å². The van der Waals surface area contributed by atoms with Crippen LogP contribution < -0.4 is 0 Å². The molecule has 21 heavy (non-hydrogen) atoms. The molecule has 0 bridgehead atoms. The lowest BCUT2D eigenvalue weighted by Gasteiger charge is -2.43. The van der Waals surface area contributed by atoms with E-state index >= 15 is 0 Å². The Bertz CT molecular complexity index is 742. The van der Waals surface area contributed by atoms with E-state index in [1.165, 1.54) is 0 Å². The van der Waals surface area contributed by atoms with E-state index in [0.29, 0.717) is 5.02 Å². The first-order valence-electron chi connectivity index (χ1n) is 6.92. The molecular weight excluding hydrogens is 286 g/mol. The van der Waals surface area contributed by atoms with E-state index in [1.807, 2.05) is 51.1 Å². The lowest BCUT2D eigenvalue weighted by Crippen LogP contribution is -2.49. The minimum Gasteiger partial charge on any atom is -0.383 e. The summed E-state index contributed by atoms with van der Waals surface area (Å²) in [5.74, 6) is 0. The third-order valence-corrected chi connectivity index (χ3v) is 4.25. The van der Waals surface area contributed by atoms with Crippen molar-refractivity contribution in [2.75, 3.05) is 0 Å². The standard InChI is InChI=1S/C16H18ClN3O/c1-15(2,3)16(21)9-5-4-6-14(16)20-18-12-8-7-11(17)10-13(12)19-20/h4-10,14,21H,1-3H3. The molecule has 1 heterocycles. The molecule has 5 heteroatoms. The zero-order chi connectivity index (χ0) is 15.3. The van der Waals surface area contributed by atoms with Gasteiger partial charge in [0.25, 0.3) is 0 Å². The smallest absolute Gasteiger partial charge is 0.123 e. The number of hydrogen-bond donors (Lipinski definition) is 1. The largest absolute Gasteiger partial charge is 0.383 e. The molecule has 1 aromatic heterocycles. The molecule has 0 spiro atoms. The van der Waals surface area contributed by atoms with Crippen molar-refractivity contribution in [1.29, 1.82) is 0 Å². The van der Waals surface area contributed by atoms with E-state index in [4.69, 9.17) is 11.6 Å². The molecule has 2 atom stereocenters. The molecule has 0 aliphatic heterocycles. The Hall–Kier alpha value is -1.65. The minimum absolute atomic E-state index is 0.351. The number of hydrogen-bond acceptors (Lipinski definition) is 3. The summed E-state index contributed by atoms with van der Waals surface area (Å²) in [6.07, 6.45) is 7.51. The summed E-state index contributed by atoms with van der Waals surface area (Å²) in [7, 11) is 0. The topological polar surface area (TPSA) is 50.9 Å². The van der Waals surface area contributed by atoms with Crippen LogP contribution in [0.25, 0.3) is 11.0 Å². The Kier molecular flexibility index (Phi) is 3.19. The van der Waals surface area contributed by atoms with Gasteiger partial charge in [-0.3, -0.25) is 0 Å². The number of nitrogens with zero attached hydrogens (tertiary/aromatic N) is 3. The van der Waals surface area contributed by atoms with Crippen molar-refractivity contribution in [2.24, 2.45) is 5.41 Å². The van der Waals surface area contributed by atoms with Crippen LogP contribution >= 0.6 is 11.6 Å². The van der Waals surface area contributed by atoms with Gasteiger partial charge in [-0.2, -0.15) is 15.0 Å². The maximum absolute atomic E-state index is 11.1. The molecule has 1 aliphatic rings. The maximum Gasteiger partial charge on any atom is 0.123 e. The molecule has 0 saturated carbocycles. The quantitative estimate of drug-likeness (QED) is 0.877. The van der Waals surface area contributed by atoms with Gasteiger partial charge in [0.05, 0.1) is 0 Å². The molecule has 3 rings (SSSR count). The molecule has 1 aromatic carbocycles. The number of fused-ring (bicyclic) bond motifs is 1. The zero-order valence-electron chi connectivity index (χ0n) is 12.3. The molecular formula is C16H18ClN3O. The third kappa shape index (κ3) is 2.28. The Morgan fingerprint density at radius 2 is 1.90 bits per heavy atom. The van der Waals surface area contributed by atoms with Crippen molar-refractivity contribution >= 4 is 22.6 Å².